The topological polar surface area (TPSA) is 104 Å². The molecule has 1 aliphatic heterocycles. The highest BCUT2D eigenvalue weighted by molar-refractivity contribution is 5.80. The Bertz CT molecular complexity index is 776. The number of urea groups is 1. The highest BCUT2D eigenvalue weighted by Gasteiger charge is 2.28. The van der Waals surface area contributed by atoms with E-state index in [1.807, 2.05) is 12.1 Å². The van der Waals surface area contributed by atoms with E-state index in [4.69, 9.17) is 4.52 Å². The normalized spacial score (nSPS) is 16.8. The molecule has 3 rings (SSSR count). The minimum Gasteiger partial charge on any atom is -0.355 e. The zero-order valence-corrected chi connectivity index (χ0v) is 15.6. The van der Waals surface area contributed by atoms with Gasteiger partial charge >= 0.3 is 6.03 Å². The summed E-state index contributed by atoms with van der Waals surface area (Å²) in [7, 11) is 3.44. The molecule has 9 nitrogen and oxygen atoms in total. The molecule has 27 heavy (non-hydrogen) atoms. The van der Waals surface area contributed by atoms with Gasteiger partial charge in [-0.2, -0.15) is 4.98 Å². The van der Waals surface area contributed by atoms with Crippen molar-refractivity contribution in [3.63, 3.8) is 0 Å². The number of hydrogen-bond acceptors (Lipinski definition) is 6. The molecule has 2 aromatic rings. The number of rotatable bonds is 5. The number of carbonyl (C=O) groups excluding carboxylic acids is 2. The first-order valence-electron chi connectivity index (χ1n) is 9.02. The average molecular weight is 372 g/mol. The number of amides is 3. The second kappa shape index (κ2) is 8.61. The highest BCUT2D eigenvalue weighted by Crippen LogP contribution is 2.17. The third-order valence-corrected chi connectivity index (χ3v) is 4.45. The first kappa shape index (κ1) is 18.8. The Balaban J connectivity index is 1.47. The van der Waals surface area contributed by atoms with Crippen molar-refractivity contribution in [2.45, 2.75) is 19.3 Å². The minimum atomic E-state index is -0.186. The first-order chi connectivity index (χ1) is 13.0. The van der Waals surface area contributed by atoms with Crippen molar-refractivity contribution in [3.05, 3.63) is 30.3 Å². The fraction of sp³-hybridized carbons (Fsp3) is 0.500. The second-order valence-electron chi connectivity index (χ2n) is 6.73. The van der Waals surface area contributed by atoms with Gasteiger partial charge in [-0.3, -0.25) is 9.78 Å². The molecular weight excluding hydrogens is 348 g/mol. The molecule has 144 valence electrons. The van der Waals surface area contributed by atoms with Crippen LogP contribution in [-0.2, 0) is 11.2 Å². The molecule has 0 spiro atoms. The molecular formula is C18H24N6O3. The minimum absolute atomic E-state index is 0.0456. The first-order valence-corrected chi connectivity index (χ1v) is 9.02. The Morgan fingerprint density at radius 1 is 1.37 bits per heavy atom. The number of nitrogens with one attached hydrogen (secondary N) is 1. The fourth-order valence-corrected chi connectivity index (χ4v) is 3.04. The largest absolute Gasteiger partial charge is 0.355 e. The molecule has 2 aromatic heterocycles. The third kappa shape index (κ3) is 4.81. The summed E-state index contributed by atoms with van der Waals surface area (Å²) in [5.41, 5.74) is 0.643. The zero-order chi connectivity index (χ0) is 19.2. The summed E-state index contributed by atoms with van der Waals surface area (Å²) < 4.78 is 5.21. The molecule has 9 heteroatoms. The Hall–Kier alpha value is -2.97. The van der Waals surface area contributed by atoms with Gasteiger partial charge in [0.1, 0.15) is 5.69 Å². The van der Waals surface area contributed by atoms with Gasteiger partial charge in [-0.15, -0.1) is 0 Å². The lowest BCUT2D eigenvalue weighted by atomic mass is 9.97. The van der Waals surface area contributed by atoms with Crippen molar-refractivity contribution in [2.24, 2.45) is 5.92 Å². The van der Waals surface area contributed by atoms with Crippen LogP contribution in [0.1, 0.15) is 18.7 Å². The molecule has 1 aliphatic rings. The van der Waals surface area contributed by atoms with Crippen molar-refractivity contribution in [2.75, 3.05) is 33.7 Å². The Morgan fingerprint density at radius 2 is 2.22 bits per heavy atom. The van der Waals surface area contributed by atoms with E-state index in [2.05, 4.69) is 20.4 Å². The quantitative estimate of drug-likeness (QED) is 0.845. The zero-order valence-electron chi connectivity index (χ0n) is 15.6. The summed E-state index contributed by atoms with van der Waals surface area (Å²) >= 11 is 0. The van der Waals surface area contributed by atoms with Gasteiger partial charge in [0.15, 0.2) is 0 Å². The van der Waals surface area contributed by atoms with E-state index >= 15 is 0 Å². The van der Waals surface area contributed by atoms with Gasteiger partial charge in [-0.1, -0.05) is 11.2 Å². The smallest absolute Gasteiger partial charge is 0.319 e. The molecule has 1 unspecified atom stereocenters. The van der Waals surface area contributed by atoms with Crippen molar-refractivity contribution in [1.82, 2.24) is 30.2 Å². The van der Waals surface area contributed by atoms with Gasteiger partial charge < -0.3 is 19.6 Å². The molecule has 1 saturated heterocycles. The van der Waals surface area contributed by atoms with Crippen molar-refractivity contribution in [1.29, 1.82) is 0 Å². The van der Waals surface area contributed by atoms with Crippen LogP contribution in [0, 0.1) is 5.92 Å². The molecule has 1 N–H and O–H groups in total. The standard InChI is InChI=1S/C18H24N6O3/c1-23(2)18(26)24-11-5-6-13(12-24)17(25)20-10-8-15-21-16(22-27-15)14-7-3-4-9-19-14/h3-4,7,9,13H,5-6,8,10-12H2,1-2H3,(H,20,25). The number of pyridine rings is 1. The van der Waals surface area contributed by atoms with Gasteiger partial charge in [0, 0.05) is 46.3 Å². The lowest BCUT2D eigenvalue weighted by Gasteiger charge is -2.33. The Morgan fingerprint density at radius 3 is 2.96 bits per heavy atom. The Kier molecular flexibility index (Phi) is 6.00. The van der Waals surface area contributed by atoms with Crippen LogP contribution >= 0.6 is 0 Å². The van der Waals surface area contributed by atoms with Crippen molar-refractivity contribution < 1.29 is 14.1 Å². The van der Waals surface area contributed by atoms with Crippen LogP contribution in [0.4, 0.5) is 4.79 Å². The van der Waals surface area contributed by atoms with Gasteiger partial charge in [0.25, 0.3) is 0 Å². The monoisotopic (exact) mass is 372 g/mol. The maximum atomic E-state index is 12.4. The lowest BCUT2D eigenvalue weighted by molar-refractivity contribution is -0.126. The third-order valence-electron chi connectivity index (χ3n) is 4.45. The molecule has 3 amide bonds. The molecule has 0 aliphatic carbocycles. The summed E-state index contributed by atoms with van der Waals surface area (Å²) in [4.78, 5) is 36.2. The van der Waals surface area contributed by atoms with Crippen LogP contribution < -0.4 is 5.32 Å². The van der Waals surface area contributed by atoms with Gasteiger partial charge in [-0.05, 0) is 25.0 Å². The van der Waals surface area contributed by atoms with Gasteiger partial charge in [-0.25, -0.2) is 4.79 Å². The maximum Gasteiger partial charge on any atom is 0.319 e. The molecule has 1 fully saturated rings. The van der Waals surface area contributed by atoms with Crippen LogP contribution in [0.2, 0.25) is 0 Å². The van der Waals surface area contributed by atoms with E-state index in [-0.39, 0.29) is 17.9 Å². The van der Waals surface area contributed by atoms with Gasteiger partial charge in [0.2, 0.25) is 17.6 Å². The number of hydrogen-bond donors (Lipinski definition) is 1. The number of nitrogens with zero attached hydrogens (tertiary/aromatic N) is 5. The summed E-state index contributed by atoms with van der Waals surface area (Å²) in [5, 5.41) is 6.81. The van der Waals surface area contributed by atoms with Crippen LogP contribution in [0.25, 0.3) is 11.5 Å². The summed E-state index contributed by atoms with van der Waals surface area (Å²) in [6.07, 6.45) is 3.72. The summed E-state index contributed by atoms with van der Waals surface area (Å²) in [6.45, 7) is 1.55. The summed E-state index contributed by atoms with van der Waals surface area (Å²) in [5.74, 6) is 0.649. The molecule has 0 radical (unpaired) electrons. The summed E-state index contributed by atoms with van der Waals surface area (Å²) in [6, 6.07) is 5.42. The Labute approximate surface area is 157 Å². The van der Waals surface area contributed by atoms with E-state index in [0.29, 0.717) is 43.5 Å². The van der Waals surface area contributed by atoms with E-state index in [9.17, 15) is 9.59 Å². The molecule has 0 aromatic carbocycles. The van der Waals surface area contributed by atoms with Crippen LogP contribution in [0.5, 0.6) is 0 Å². The molecule has 1 atom stereocenters. The van der Waals surface area contributed by atoms with Crippen molar-refractivity contribution >= 4 is 11.9 Å². The number of piperidine rings is 1. The van der Waals surface area contributed by atoms with Crippen LogP contribution in [0.3, 0.4) is 0 Å². The van der Waals surface area contributed by atoms with Crippen molar-refractivity contribution in [3.8, 4) is 11.5 Å². The van der Waals surface area contributed by atoms with E-state index in [1.54, 1.807) is 31.3 Å². The van der Waals surface area contributed by atoms with Gasteiger partial charge in [0.05, 0.1) is 5.92 Å². The number of aromatic nitrogens is 3. The number of carbonyl (C=O) groups is 2. The predicted octanol–water partition coefficient (Wildman–Crippen LogP) is 1.18. The van der Waals surface area contributed by atoms with E-state index < -0.39 is 0 Å². The predicted molar refractivity (Wildman–Crippen MR) is 97.6 cm³/mol. The highest BCUT2D eigenvalue weighted by atomic mass is 16.5. The number of likely N-dealkylation sites (tertiary alicyclic amines) is 1. The average Bonchev–Trinajstić information content (AvgIpc) is 3.17. The SMILES string of the molecule is CN(C)C(=O)N1CCCC(C(=O)NCCc2nc(-c3ccccn3)no2)C1. The lowest BCUT2D eigenvalue weighted by Crippen LogP contribution is -2.48. The molecule has 0 bridgehead atoms. The van der Waals surface area contributed by atoms with E-state index in [1.165, 1.54) is 4.90 Å². The van der Waals surface area contributed by atoms with E-state index in [0.717, 1.165) is 12.8 Å². The maximum absolute atomic E-state index is 12.4. The van der Waals surface area contributed by atoms with Crippen LogP contribution in [0.15, 0.2) is 28.9 Å². The van der Waals surface area contributed by atoms with Crippen LogP contribution in [-0.4, -0.2) is 70.6 Å². The second-order valence-corrected chi connectivity index (χ2v) is 6.73. The fourth-order valence-electron chi connectivity index (χ4n) is 3.04. The molecule has 3 heterocycles. The molecule has 0 saturated carbocycles.